The first-order valence-corrected chi connectivity index (χ1v) is 7.15. The van der Waals surface area contributed by atoms with Crippen molar-refractivity contribution < 1.29 is 18.3 Å². The van der Waals surface area contributed by atoms with Gasteiger partial charge >= 0.3 is 6.03 Å². The molecular formula is C17H18F2N2O2. The molecule has 0 atom stereocenters. The lowest BCUT2D eigenvalue weighted by atomic mass is 10.1. The Morgan fingerprint density at radius 3 is 2.61 bits per heavy atom. The van der Waals surface area contributed by atoms with E-state index in [4.69, 9.17) is 4.74 Å². The van der Waals surface area contributed by atoms with Crippen LogP contribution in [0.5, 0.6) is 5.75 Å². The molecule has 2 aromatic rings. The van der Waals surface area contributed by atoms with E-state index in [0.717, 1.165) is 29.0 Å². The summed E-state index contributed by atoms with van der Waals surface area (Å²) in [4.78, 5) is 11.6. The van der Waals surface area contributed by atoms with Gasteiger partial charge in [-0.2, -0.15) is 0 Å². The van der Waals surface area contributed by atoms with Crippen molar-refractivity contribution in [3.63, 3.8) is 0 Å². The first-order valence-electron chi connectivity index (χ1n) is 7.15. The molecule has 0 unspecified atom stereocenters. The van der Waals surface area contributed by atoms with Gasteiger partial charge in [0.15, 0.2) is 0 Å². The Morgan fingerprint density at radius 1 is 1.13 bits per heavy atom. The van der Waals surface area contributed by atoms with Crippen molar-refractivity contribution >= 4 is 11.7 Å². The molecule has 0 saturated heterocycles. The third-order valence-electron chi connectivity index (χ3n) is 3.15. The Hall–Kier alpha value is -2.63. The van der Waals surface area contributed by atoms with Gasteiger partial charge in [0.2, 0.25) is 0 Å². The van der Waals surface area contributed by atoms with Gasteiger partial charge in [-0.3, -0.25) is 0 Å². The normalized spacial score (nSPS) is 10.3. The minimum Gasteiger partial charge on any atom is -0.491 e. The molecule has 2 rings (SSSR count). The van der Waals surface area contributed by atoms with Crippen LogP contribution in [0.2, 0.25) is 0 Å². The molecule has 0 aromatic heterocycles. The van der Waals surface area contributed by atoms with Crippen molar-refractivity contribution in [2.24, 2.45) is 0 Å². The average molecular weight is 320 g/mol. The van der Waals surface area contributed by atoms with Crippen LogP contribution < -0.4 is 15.4 Å². The Kier molecular flexibility index (Phi) is 5.51. The number of carbonyl (C=O) groups excluding carboxylic acids is 1. The zero-order valence-corrected chi connectivity index (χ0v) is 13.0. The number of aryl methyl sites for hydroxylation is 2. The third-order valence-corrected chi connectivity index (χ3v) is 3.15. The van der Waals surface area contributed by atoms with Crippen LogP contribution in [0, 0.1) is 25.5 Å². The number of hydrogen-bond acceptors (Lipinski definition) is 2. The monoisotopic (exact) mass is 320 g/mol. The topological polar surface area (TPSA) is 50.4 Å². The fourth-order valence-electron chi connectivity index (χ4n) is 2.04. The Labute approximate surface area is 133 Å². The lowest BCUT2D eigenvalue weighted by Gasteiger charge is -2.11. The predicted molar refractivity (Wildman–Crippen MR) is 84.8 cm³/mol. The van der Waals surface area contributed by atoms with Crippen molar-refractivity contribution in [3.8, 4) is 5.75 Å². The molecule has 2 aromatic carbocycles. The number of nitrogens with one attached hydrogen (secondary N) is 2. The molecule has 0 aliphatic heterocycles. The van der Waals surface area contributed by atoms with Gasteiger partial charge in [0.25, 0.3) is 0 Å². The number of ether oxygens (including phenoxy) is 1. The van der Waals surface area contributed by atoms with E-state index in [9.17, 15) is 13.6 Å². The number of hydrogen-bond donors (Lipinski definition) is 2. The summed E-state index contributed by atoms with van der Waals surface area (Å²) < 4.78 is 31.7. The summed E-state index contributed by atoms with van der Waals surface area (Å²) in [6.07, 6.45) is 0. The minimum atomic E-state index is -0.827. The zero-order valence-electron chi connectivity index (χ0n) is 13.0. The molecule has 2 N–H and O–H groups in total. The Bertz CT molecular complexity index is 705. The van der Waals surface area contributed by atoms with E-state index in [1.165, 1.54) is 0 Å². The van der Waals surface area contributed by atoms with Crippen molar-refractivity contribution in [1.82, 2.24) is 5.32 Å². The van der Waals surface area contributed by atoms with Crippen molar-refractivity contribution in [2.45, 2.75) is 13.8 Å². The summed E-state index contributed by atoms with van der Waals surface area (Å²) in [6, 6.07) is 8.18. The van der Waals surface area contributed by atoms with Gasteiger partial charge in [0, 0.05) is 6.07 Å². The van der Waals surface area contributed by atoms with Gasteiger partial charge in [-0.15, -0.1) is 0 Å². The van der Waals surface area contributed by atoms with Crippen LogP contribution in [0.15, 0.2) is 36.4 Å². The van der Waals surface area contributed by atoms with Crippen molar-refractivity contribution in [1.29, 1.82) is 0 Å². The highest BCUT2D eigenvalue weighted by atomic mass is 19.1. The molecule has 0 saturated carbocycles. The van der Waals surface area contributed by atoms with Crippen LogP contribution in [-0.4, -0.2) is 19.2 Å². The number of amides is 2. The van der Waals surface area contributed by atoms with Crippen molar-refractivity contribution in [2.75, 3.05) is 18.5 Å². The Balaban J connectivity index is 1.76. The molecule has 6 heteroatoms. The number of anilines is 1. The largest absolute Gasteiger partial charge is 0.491 e. The highest BCUT2D eigenvalue weighted by molar-refractivity contribution is 5.89. The van der Waals surface area contributed by atoms with Crippen molar-refractivity contribution in [3.05, 3.63) is 59.2 Å². The Morgan fingerprint density at radius 2 is 1.91 bits per heavy atom. The van der Waals surface area contributed by atoms with Crippen LogP contribution in [0.4, 0.5) is 19.3 Å². The maximum atomic E-state index is 13.4. The van der Waals surface area contributed by atoms with Gasteiger partial charge in [-0.25, -0.2) is 13.6 Å². The molecule has 122 valence electrons. The second-order valence-corrected chi connectivity index (χ2v) is 5.12. The number of rotatable bonds is 5. The molecule has 4 nitrogen and oxygen atoms in total. The zero-order chi connectivity index (χ0) is 16.8. The van der Waals surface area contributed by atoms with Gasteiger partial charge in [-0.1, -0.05) is 17.7 Å². The summed E-state index contributed by atoms with van der Waals surface area (Å²) in [6.45, 7) is 4.47. The summed E-state index contributed by atoms with van der Waals surface area (Å²) in [5.41, 5.74) is 2.08. The van der Waals surface area contributed by atoms with Crippen LogP contribution in [0.3, 0.4) is 0 Å². The van der Waals surface area contributed by atoms with E-state index in [1.54, 1.807) is 0 Å². The van der Waals surface area contributed by atoms with Gasteiger partial charge in [-0.05, 0) is 37.6 Å². The van der Waals surface area contributed by atoms with Gasteiger partial charge in [0.05, 0.1) is 12.2 Å². The second kappa shape index (κ2) is 7.58. The van der Waals surface area contributed by atoms with Gasteiger partial charge < -0.3 is 15.4 Å². The lowest BCUT2D eigenvalue weighted by molar-refractivity contribution is 0.247. The van der Waals surface area contributed by atoms with Crippen LogP contribution >= 0.6 is 0 Å². The highest BCUT2D eigenvalue weighted by Crippen LogP contribution is 2.18. The first-order chi connectivity index (χ1) is 11.0. The maximum Gasteiger partial charge on any atom is 0.319 e. The SMILES string of the molecule is Cc1ccc(OCCNC(=O)Nc2ccc(F)cc2F)c(C)c1. The number of benzene rings is 2. The molecule has 2 amide bonds. The highest BCUT2D eigenvalue weighted by Gasteiger charge is 2.07. The number of halogens is 2. The summed E-state index contributed by atoms with van der Waals surface area (Å²) >= 11 is 0. The van der Waals surface area contributed by atoms with E-state index in [-0.39, 0.29) is 18.8 Å². The van der Waals surface area contributed by atoms with E-state index in [1.807, 2.05) is 32.0 Å². The van der Waals surface area contributed by atoms with E-state index < -0.39 is 17.7 Å². The lowest BCUT2D eigenvalue weighted by Crippen LogP contribution is -2.32. The van der Waals surface area contributed by atoms with E-state index in [0.29, 0.717) is 6.07 Å². The molecule has 23 heavy (non-hydrogen) atoms. The third kappa shape index (κ3) is 4.95. The smallest absolute Gasteiger partial charge is 0.319 e. The maximum absolute atomic E-state index is 13.4. The fourth-order valence-corrected chi connectivity index (χ4v) is 2.04. The van der Waals surface area contributed by atoms with E-state index in [2.05, 4.69) is 10.6 Å². The number of carbonyl (C=O) groups is 1. The predicted octanol–water partition coefficient (Wildman–Crippen LogP) is 3.78. The summed E-state index contributed by atoms with van der Waals surface area (Å²) in [5, 5.41) is 4.85. The quantitative estimate of drug-likeness (QED) is 0.824. The molecule has 0 heterocycles. The molecule has 0 bridgehead atoms. The molecule has 0 spiro atoms. The molecular weight excluding hydrogens is 302 g/mol. The standard InChI is InChI=1S/C17H18F2N2O2/c1-11-3-6-16(12(2)9-11)23-8-7-20-17(22)21-15-5-4-13(18)10-14(15)19/h3-6,9-10H,7-8H2,1-2H3,(H2,20,21,22). The number of urea groups is 1. The molecule has 0 radical (unpaired) electrons. The minimum absolute atomic E-state index is 0.0841. The summed E-state index contributed by atoms with van der Waals surface area (Å²) in [5.74, 6) is -0.774. The van der Waals surface area contributed by atoms with E-state index >= 15 is 0 Å². The second-order valence-electron chi connectivity index (χ2n) is 5.12. The average Bonchev–Trinajstić information content (AvgIpc) is 2.48. The van der Waals surface area contributed by atoms with Crippen LogP contribution in [0.1, 0.15) is 11.1 Å². The van der Waals surface area contributed by atoms with Crippen LogP contribution in [0.25, 0.3) is 0 Å². The molecule has 0 aliphatic carbocycles. The van der Waals surface area contributed by atoms with Crippen LogP contribution in [-0.2, 0) is 0 Å². The molecule has 0 aliphatic rings. The summed E-state index contributed by atoms with van der Waals surface area (Å²) in [7, 11) is 0. The first kappa shape index (κ1) is 16.7. The molecule has 0 fully saturated rings. The van der Waals surface area contributed by atoms with Gasteiger partial charge in [0.1, 0.15) is 24.0 Å². The fraction of sp³-hybridized carbons (Fsp3) is 0.235.